The Morgan fingerprint density at radius 3 is 2.88 bits per heavy atom. The van der Waals surface area contributed by atoms with Gasteiger partial charge in [-0.2, -0.15) is 0 Å². The lowest BCUT2D eigenvalue weighted by atomic mass is 10.0. The van der Waals surface area contributed by atoms with E-state index in [4.69, 9.17) is 21.2 Å². The van der Waals surface area contributed by atoms with Crippen LogP contribution in [0.1, 0.15) is 17.5 Å². The Morgan fingerprint density at radius 1 is 1.29 bits per heavy atom. The van der Waals surface area contributed by atoms with Gasteiger partial charge in [0, 0.05) is 12.0 Å². The van der Waals surface area contributed by atoms with Crippen LogP contribution in [-0.2, 0) is 11.4 Å². The molecule has 1 aliphatic heterocycles. The minimum absolute atomic E-state index is 0.0942. The predicted molar refractivity (Wildman–Crippen MR) is 98.1 cm³/mol. The van der Waals surface area contributed by atoms with Crippen molar-refractivity contribution in [2.45, 2.75) is 19.1 Å². The van der Waals surface area contributed by atoms with E-state index in [0.29, 0.717) is 30.3 Å². The second-order valence-corrected chi connectivity index (χ2v) is 5.91. The van der Waals surface area contributed by atoms with Crippen molar-refractivity contribution < 1.29 is 9.57 Å². The third-order valence-corrected chi connectivity index (χ3v) is 4.02. The van der Waals surface area contributed by atoms with E-state index in [2.05, 4.69) is 27.5 Å². The van der Waals surface area contributed by atoms with Gasteiger partial charge in [-0.1, -0.05) is 47.1 Å². The van der Waals surface area contributed by atoms with Gasteiger partial charge >= 0.3 is 0 Å². The molecule has 122 valence electrons. The number of benzene rings is 2. The quantitative estimate of drug-likeness (QED) is 0.563. The zero-order valence-corrected chi connectivity index (χ0v) is 14.4. The molecule has 4 nitrogen and oxygen atoms in total. The number of oxime groups is 1. The second-order valence-electron chi connectivity index (χ2n) is 5.32. The molecule has 0 saturated carbocycles. The van der Waals surface area contributed by atoms with Crippen molar-refractivity contribution in [1.29, 1.82) is 0 Å². The minimum Gasteiger partial charge on any atom is -0.487 e. The van der Waals surface area contributed by atoms with E-state index < -0.39 is 0 Å². The lowest BCUT2D eigenvalue weighted by molar-refractivity contribution is 0.0924. The summed E-state index contributed by atoms with van der Waals surface area (Å²) in [6.07, 6.45) is 0.573. The maximum absolute atomic E-state index is 6.33. The van der Waals surface area contributed by atoms with Crippen LogP contribution in [0.2, 0.25) is 5.02 Å². The van der Waals surface area contributed by atoms with Crippen molar-refractivity contribution in [2.75, 3.05) is 6.54 Å². The van der Waals surface area contributed by atoms with Gasteiger partial charge in [0.2, 0.25) is 0 Å². The zero-order valence-electron chi connectivity index (χ0n) is 12.8. The standard InChI is InChI=1S/C18H15ClN2O2S/c19-16-8-14(17-9-15(23-21-17)10-20-12-24)6-7-18(16)22-11-13-4-2-1-3-5-13/h1-8,15H,9-11H2. The van der Waals surface area contributed by atoms with E-state index >= 15 is 0 Å². The molecule has 1 aliphatic rings. The van der Waals surface area contributed by atoms with Crippen molar-refractivity contribution in [3.63, 3.8) is 0 Å². The van der Waals surface area contributed by atoms with Crippen LogP contribution in [0, 0.1) is 0 Å². The van der Waals surface area contributed by atoms with Crippen molar-refractivity contribution >= 4 is 34.7 Å². The summed E-state index contributed by atoms with van der Waals surface area (Å²) in [7, 11) is 0. The van der Waals surface area contributed by atoms with Crippen LogP contribution in [0.25, 0.3) is 0 Å². The molecule has 6 heteroatoms. The smallest absolute Gasteiger partial charge is 0.153 e. The summed E-state index contributed by atoms with van der Waals surface area (Å²) < 4.78 is 5.78. The Labute approximate surface area is 150 Å². The maximum atomic E-state index is 6.33. The van der Waals surface area contributed by atoms with Gasteiger partial charge in [0.05, 0.1) is 22.4 Å². The Kier molecular flexibility index (Phi) is 5.59. The summed E-state index contributed by atoms with van der Waals surface area (Å²) in [5.41, 5.74) is 2.85. The van der Waals surface area contributed by atoms with Gasteiger partial charge in [-0.3, -0.25) is 0 Å². The summed E-state index contributed by atoms with van der Waals surface area (Å²) in [6, 6.07) is 15.6. The molecule has 0 N–H and O–H groups in total. The van der Waals surface area contributed by atoms with Gasteiger partial charge in [0.15, 0.2) is 6.10 Å². The highest BCUT2D eigenvalue weighted by molar-refractivity contribution is 7.78. The molecule has 0 aliphatic carbocycles. The highest BCUT2D eigenvalue weighted by atomic mass is 35.5. The fourth-order valence-corrected chi connectivity index (χ4v) is 2.68. The molecule has 1 heterocycles. The van der Waals surface area contributed by atoms with Gasteiger partial charge in [-0.05, 0) is 36.0 Å². The topological polar surface area (TPSA) is 43.2 Å². The molecule has 0 amide bonds. The fourth-order valence-electron chi connectivity index (χ4n) is 2.37. The van der Waals surface area contributed by atoms with Crippen molar-refractivity contribution in [3.8, 4) is 5.75 Å². The van der Waals surface area contributed by atoms with Gasteiger partial charge < -0.3 is 9.57 Å². The van der Waals surface area contributed by atoms with Gasteiger partial charge in [0.25, 0.3) is 0 Å². The molecule has 0 aromatic heterocycles. The van der Waals surface area contributed by atoms with Crippen LogP contribution in [0.4, 0.5) is 0 Å². The molecular weight excluding hydrogens is 344 g/mol. The number of ether oxygens (including phenoxy) is 1. The van der Waals surface area contributed by atoms with Crippen molar-refractivity contribution in [2.24, 2.45) is 10.1 Å². The molecular formula is C18H15ClN2O2S. The van der Waals surface area contributed by atoms with E-state index in [1.807, 2.05) is 48.5 Å². The Bertz CT molecular complexity index is 789. The van der Waals surface area contributed by atoms with Crippen LogP contribution in [0.15, 0.2) is 58.7 Å². The fraction of sp³-hybridized carbons (Fsp3) is 0.222. The first-order valence-electron chi connectivity index (χ1n) is 7.49. The predicted octanol–water partition coefficient (Wildman–Crippen LogP) is 4.51. The molecule has 2 aromatic rings. The molecule has 0 radical (unpaired) electrons. The lowest BCUT2D eigenvalue weighted by Gasteiger charge is -2.09. The summed E-state index contributed by atoms with van der Waals surface area (Å²) in [5.74, 6) is 0.644. The summed E-state index contributed by atoms with van der Waals surface area (Å²) in [6.45, 7) is 0.935. The van der Waals surface area contributed by atoms with E-state index in [1.54, 1.807) is 0 Å². The summed E-state index contributed by atoms with van der Waals surface area (Å²) in [5, 5.41) is 6.98. The number of aliphatic imine (C=N–C) groups is 1. The Morgan fingerprint density at radius 2 is 2.12 bits per heavy atom. The van der Waals surface area contributed by atoms with Crippen LogP contribution < -0.4 is 4.74 Å². The number of halogens is 1. The molecule has 0 bridgehead atoms. The molecule has 0 saturated heterocycles. The Hall–Kier alpha value is -2.20. The van der Waals surface area contributed by atoms with Crippen molar-refractivity contribution in [3.05, 3.63) is 64.7 Å². The average molecular weight is 359 g/mol. The molecule has 0 spiro atoms. The molecule has 3 rings (SSSR count). The lowest BCUT2D eigenvalue weighted by Crippen LogP contribution is -2.11. The van der Waals surface area contributed by atoms with E-state index in [0.717, 1.165) is 16.8 Å². The number of isothiocyanates is 1. The first-order valence-corrected chi connectivity index (χ1v) is 8.28. The number of rotatable bonds is 6. The van der Waals surface area contributed by atoms with Gasteiger partial charge in [0.1, 0.15) is 12.4 Å². The summed E-state index contributed by atoms with van der Waals surface area (Å²) in [4.78, 5) is 9.22. The number of hydrogen-bond acceptors (Lipinski definition) is 5. The van der Waals surface area contributed by atoms with Gasteiger partial charge in [-0.25, -0.2) is 4.99 Å². The number of hydrogen-bond donors (Lipinski definition) is 0. The highest BCUT2D eigenvalue weighted by Gasteiger charge is 2.22. The van der Waals surface area contributed by atoms with Crippen molar-refractivity contribution in [1.82, 2.24) is 0 Å². The maximum Gasteiger partial charge on any atom is 0.153 e. The molecule has 24 heavy (non-hydrogen) atoms. The number of nitrogens with zero attached hydrogens (tertiary/aromatic N) is 2. The van der Waals surface area contributed by atoms with E-state index in [1.165, 1.54) is 0 Å². The van der Waals surface area contributed by atoms with E-state index in [-0.39, 0.29) is 6.10 Å². The third-order valence-electron chi connectivity index (χ3n) is 3.59. The molecule has 0 fully saturated rings. The highest BCUT2D eigenvalue weighted by Crippen LogP contribution is 2.28. The largest absolute Gasteiger partial charge is 0.487 e. The molecule has 1 atom stereocenters. The van der Waals surface area contributed by atoms with E-state index in [9.17, 15) is 0 Å². The molecule has 2 aromatic carbocycles. The third kappa shape index (κ3) is 4.20. The first kappa shape index (κ1) is 16.7. The first-order chi connectivity index (χ1) is 11.8. The SMILES string of the molecule is S=C=NCC1CC(c2ccc(OCc3ccccc3)c(Cl)c2)=NO1. The number of thiocarbonyl (C=S) groups is 1. The second kappa shape index (κ2) is 8.06. The average Bonchev–Trinajstić information content (AvgIpc) is 3.09. The monoisotopic (exact) mass is 358 g/mol. The van der Waals surface area contributed by atoms with Crippen LogP contribution in [0.3, 0.4) is 0 Å². The Balaban J connectivity index is 1.64. The van der Waals surface area contributed by atoms with Crippen LogP contribution in [-0.4, -0.2) is 23.5 Å². The molecule has 1 unspecified atom stereocenters. The zero-order chi connectivity index (χ0) is 16.8. The minimum atomic E-state index is -0.0942. The van der Waals surface area contributed by atoms with Crippen LogP contribution >= 0.6 is 23.8 Å². The van der Waals surface area contributed by atoms with Crippen LogP contribution in [0.5, 0.6) is 5.75 Å². The normalized spacial score (nSPS) is 16.0. The summed E-state index contributed by atoms with van der Waals surface area (Å²) >= 11 is 10.9. The van der Waals surface area contributed by atoms with Gasteiger partial charge in [-0.15, -0.1) is 0 Å².